The predicted octanol–water partition coefficient (Wildman–Crippen LogP) is 4.14. The molecule has 0 aliphatic rings. The van der Waals surface area contributed by atoms with Crippen LogP contribution in [0.4, 0.5) is 0 Å². The first-order valence-electron chi connectivity index (χ1n) is 9.69. The topological polar surface area (TPSA) is 85.2 Å². The number of carbonyl (C=O) groups is 1. The fourth-order valence-electron chi connectivity index (χ4n) is 3.05. The number of rotatable bonds is 9. The van der Waals surface area contributed by atoms with E-state index in [9.17, 15) is 13.2 Å². The van der Waals surface area contributed by atoms with E-state index < -0.39 is 10.0 Å². The van der Waals surface area contributed by atoms with E-state index in [-0.39, 0.29) is 16.4 Å². The first-order chi connectivity index (χ1) is 14.8. The Balaban J connectivity index is 1.80. The average Bonchev–Trinajstić information content (AvgIpc) is 3.13. The second-order valence-electron chi connectivity index (χ2n) is 6.70. The molecule has 31 heavy (non-hydrogen) atoms. The third kappa shape index (κ3) is 5.17. The molecule has 0 bridgehead atoms. The van der Waals surface area contributed by atoms with Gasteiger partial charge in [-0.05, 0) is 36.4 Å². The van der Waals surface area contributed by atoms with Gasteiger partial charge in [-0.15, -0.1) is 10.2 Å². The molecular formula is C21H23ClN4O3S2. The number of thioether (sulfide) groups is 1. The van der Waals surface area contributed by atoms with E-state index in [0.717, 1.165) is 0 Å². The molecule has 1 heterocycles. The summed E-state index contributed by atoms with van der Waals surface area (Å²) in [6, 6.07) is 13.4. The fraction of sp³-hybridized carbons (Fsp3) is 0.286. The first kappa shape index (κ1) is 23.5. The summed E-state index contributed by atoms with van der Waals surface area (Å²) in [6.45, 7) is 4.41. The normalized spacial score (nSPS) is 11.8. The number of nitrogens with zero attached hydrogens (tertiary/aromatic N) is 4. The lowest BCUT2D eigenvalue weighted by Gasteiger charge is -2.18. The smallest absolute Gasteiger partial charge is 0.243 e. The van der Waals surface area contributed by atoms with Crippen molar-refractivity contribution in [2.24, 2.45) is 7.05 Å². The molecule has 1 aromatic heterocycles. The van der Waals surface area contributed by atoms with Gasteiger partial charge in [0.1, 0.15) is 0 Å². The summed E-state index contributed by atoms with van der Waals surface area (Å²) < 4.78 is 28.8. The molecule has 0 saturated heterocycles. The Morgan fingerprint density at radius 3 is 2.42 bits per heavy atom. The van der Waals surface area contributed by atoms with E-state index in [4.69, 9.17) is 11.6 Å². The second kappa shape index (κ2) is 9.95. The number of hydrogen-bond donors (Lipinski definition) is 0. The van der Waals surface area contributed by atoms with Crippen LogP contribution in [0, 0.1) is 0 Å². The fourth-order valence-corrected chi connectivity index (χ4v) is 5.49. The molecule has 0 radical (unpaired) electrons. The zero-order valence-corrected chi connectivity index (χ0v) is 19.8. The van der Waals surface area contributed by atoms with Crippen LogP contribution < -0.4 is 0 Å². The first-order valence-corrected chi connectivity index (χ1v) is 12.5. The average molecular weight is 479 g/mol. The molecule has 3 aromatic rings. The van der Waals surface area contributed by atoms with Gasteiger partial charge in [-0.3, -0.25) is 4.79 Å². The van der Waals surface area contributed by atoms with Gasteiger partial charge in [-0.1, -0.05) is 49.3 Å². The van der Waals surface area contributed by atoms with E-state index in [1.165, 1.54) is 16.1 Å². The number of halogens is 1. The van der Waals surface area contributed by atoms with Gasteiger partial charge in [0.05, 0.1) is 10.6 Å². The second-order valence-corrected chi connectivity index (χ2v) is 10.0. The van der Waals surface area contributed by atoms with Crippen molar-refractivity contribution in [1.29, 1.82) is 0 Å². The van der Waals surface area contributed by atoms with Crippen LogP contribution in [0.2, 0.25) is 5.02 Å². The maximum Gasteiger partial charge on any atom is 0.243 e. The largest absolute Gasteiger partial charge is 0.305 e. The van der Waals surface area contributed by atoms with Crippen molar-refractivity contribution in [1.82, 2.24) is 19.1 Å². The molecule has 164 valence electrons. The Morgan fingerprint density at radius 2 is 1.77 bits per heavy atom. The van der Waals surface area contributed by atoms with Crippen LogP contribution in [0.5, 0.6) is 0 Å². The maximum atomic E-state index is 12.8. The Morgan fingerprint density at radius 1 is 1.10 bits per heavy atom. The molecule has 0 unspecified atom stereocenters. The number of sulfonamides is 1. The zero-order chi connectivity index (χ0) is 22.6. The summed E-state index contributed by atoms with van der Waals surface area (Å²) in [5.41, 5.74) is 1.22. The molecule has 3 rings (SSSR count). The number of aromatic nitrogens is 3. The number of ketones is 1. The number of benzene rings is 2. The van der Waals surface area contributed by atoms with Gasteiger partial charge in [0.15, 0.2) is 16.8 Å². The van der Waals surface area contributed by atoms with Gasteiger partial charge in [0.25, 0.3) is 0 Å². The van der Waals surface area contributed by atoms with Gasteiger partial charge in [-0.25, -0.2) is 8.42 Å². The Kier molecular flexibility index (Phi) is 7.53. The highest BCUT2D eigenvalue weighted by molar-refractivity contribution is 7.99. The summed E-state index contributed by atoms with van der Waals surface area (Å²) in [4.78, 5) is 12.6. The van der Waals surface area contributed by atoms with Crippen molar-refractivity contribution in [2.75, 3.05) is 18.8 Å². The Hall–Kier alpha value is -2.20. The van der Waals surface area contributed by atoms with E-state index in [2.05, 4.69) is 10.2 Å². The van der Waals surface area contributed by atoms with Crippen molar-refractivity contribution in [2.45, 2.75) is 23.9 Å². The Labute approximate surface area is 191 Å². The van der Waals surface area contributed by atoms with E-state index in [0.29, 0.717) is 40.2 Å². The van der Waals surface area contributed by atoms with Crippen LogP contribution in [-0.4, -0.2) is 52.1 Å². The molecule has 0 N–H and O–H groups in total. The van der Waals surface area contributed by atoms with Gasteiger partial charge in [0, 0.05) is 36.3 Å². The van der Waals surface area contributed by atoms with E-state index in [1.807, 2.05) is 13.8 Å². The van der Waals surface area contributed by atoms with Crippen molar-refractivity contribution in [3.05, 3.63) is 59.1 Å². The highest BCUT2D eigenvalue weighted by atomic mass is 35.5. The minimum absolute atomic E-state index is 0.0430. The molecule has 10 heteroatoms. The molecule has 0 fully saturated rings. The van der Waals surface area contributed by atoms with Crippen LogP contribution >= 0.6 is 23.4 Å². The lowest BCUT2D eigenvalue weighted by molar-refractivity contribution is 0.102. The molecule has 0 spiro atoms. The van der Waals surface area contributed by atoms with Crippen molar-refractivity contribution < 1.29 is 13.2 Å². The SMILES string of the molecule is CCN(CC)S(=O)(=O)c1cccc(-c2nnc(SCC(=O)c3ccc(Cl)cc3)n2C)c1. The third-order valence-electron chi connectivity index (χ3n) is 4.77. The van der Waals surface area contributed by atoms with Crippen LogP contribution in [0.15, 0.2) is 58.6 Å². The molecule has 0 aliphatic heterocycles. The molecule has 0 atom stereocenters. The molecule has 2 aromatic carbocycles. The third-order valence-corrected chi connectivity index (χ3v) is 8.09. The van der Waals surface area contributed by atoms with Crippen LogP contribution in [-0.2, 0) is 17.1 Å². The zero-order valence-electron chi connectivity index (χ0n) is 17.4. The summed E-state index contributed by atoms with van der Waals surface area (Å²) >= 11 is 7.14. The van der Waals surface area contributed by atoms with E-state index >= 15 is 0 Å². The molecule has 0 amide bonds. The summed E-state index contributed by atoms with van der Waals surface area (Å²) in [6.07, 6.45) is 0. The molecule has 7 nitrogen and oxygen atoms in total. The highest BCUT2D eigenvalue weighted by Crippen LogP contribution is 2.26. The number of carbonyl (C=O) groups excluding carboxylic acids is 1. The lowest BCUT2D eigenvalue weighted by Crippen LogP contribution is -2.30. The highest BCUT2D eigenvalue weighted by Gasteiger charge is 2.23. The lowest BCUT2D eigenvalue weighted by atomic mass is 10.1. The standard InChI is InChI=1S/C21H23ClN4O3S2/c1-4-26(5-2)31(28,29)18-8-6-7-16(13-18)20-23-24-21(25(20)3)30-14-19(27)15-9-11-17(22)12-10-15/h6-13H,4-5,14H2,1-3H3. The quantitative estimate of drug-likeness (QED) is 0.339. The number of Topliss-reactive ketones (excluding diaryl/α,β-unsaturated/α-hetero) is 1. The van der Waals surface area contributed by atoms with Gasteiger partial charge < -0.3 is 4.57 Å². The van der Waals surface area contributed by atoms with Crippen LogP contribution in [0.25, 0.3) is 11.4 Å². The summed E-state index contributed by atoms with van der Waals surface area (Å²) in [5.74, 6) is 0.681. The monoisotopic (exact) mass is 478 g/mol. The minimum atomic E-state index is -3.58. The minimum Gasteiger partial charge on any atom is -0.305 e. The van der Waals surface area contributed by atoms with E-state index in [1.54, 1.807) is 60.1 Å². The number of hydrogen-bond acceptors (Lipinski definition) is 6. The molecule has 0 aliphatic carbocycles. The van der Waals surface area contributed by atoms with Crippen molar-refractivity contribution in [3.8, 4) is 11.4 Å². The maximum absolute atomic E-state index is 12.8. The van der Waals surface area contributed by atoms with Gasteiger partial charge in [-0.2, -0.15) is 4.31 Å². The van der Waals surface area contributed by atoms with Crippen molar-refractivity contribution >= 4 is 39.2 Å². The summed E-state index contributed by atoms with van der Waals surface area (Å²) in [7, 11) is -1.79. The van der Waals surface area contributed by atoms with Crippen molar-refractivity contribution in [3.63, 3.8) is 0 Å². The molecule has 0 saturated carbocycles. The summed E-state index contributed by atoms with van der Waals surface area (Å²) in [5, 5.41) is 9.53. The predicted molar refractivity (Wildman–Crippen MR) is 123 cm³/mol. The van der Waals surface area contributed by atoms with Crippen LogP contribution in [0.1, 0.15) is 24.2 Å². The van der Waals surface area contributed by atoms with Gasteiger partial charge >= 0.3 is 0 Å². The van der Waals surface area contributed by atoms with Gasteiger partial charge in [0.2, 0.25) is 10.0 Å². The van der Waals surface area contributed by atoms with Crippen LogP contribution in [0.3, 0.4) is 0 Å². The Bertz CT molecular complexity index is 1170. The molecular weight excluding hydrogens is 456 g/mol.